The predicted molar refractivity (Wildman–Crippen MR) is 126 cm³/mol. The molecule has 0 saturated heterocycles. The summed E-state index contributed by atoms with van der Waals surface area (Å²) in [7, 11) is 0. The van der Waals surface area contributed by atoms with Crippen LogP contribution in [0.3, 0.4) is 0 Å². The van der Waals surface area contributed by atoms with Gasteiger partial charge in [-0.05, 0) is 80.0 Å². The molecule has 2 amide bonds. The molecule has 0 bridgehead atoms. The number of fused-ring (bicyclic) bond motifs is 1. The van der Waals surface area contributed by atoms with Crippen LogP contribution < -0.4 is 9.64 Å². The Hall–Kier alpha value is -3.15. The molecular formula is C27H31NO5. The molecule has 2 aromatic carbocycles. The van der Waals surface area contributed by atoms with Gasteiger partial charge in [0.25, 0.3) is 11.8 Å². The van der Waals surface area contributed by atoms with Gasteiger partial charge >= 0.3 is 5.97 Å². The Balaban J connectivity index is 1.54. The molecule has 174 valence electrons. The van der Waals surface area contributed by atoms with Gasteiger partial charge in [0.1, 0.15) is 11.9 Å². The smallest absolute Gasteiger partial charge is 0.338 e. The molecule has 6 heteroatoms. The molecule has 1 saturated carbocycles. The number of imide groups is 1. The van der Waals surface area contributed by atoms with Crippen molar-refractivity contribution >= 4 is 23.5 Å². The molecule has 33 heavy (non-hydrogen) atoms. The van der Waals surface area contributed by atoms with E-state index in [1.807, 2.05) is 6.92 Å². The molecule has 3 atom stereocenters. The highest BCUT2D eigenvalue weighted by Crippen LogP contribution is 2.36. The molecule has 2 aliphatic rings. The highest BCUT2D eigenvalue weighted by atomic mass is 16.5. The number of ether oxygens (including phenoxy) is 2. The number of nitrogens with zero attached hydrogens (tertiary/aromatic N) is 1. The Morgan fingerprint density at radius 1 is 1.03 bits per heavy atom. The van der Waals surface area contributed by atoms with Gasteiger partial charge in [0.15, 0.2) is 0 Å². The van der Waals surface area contributed by atoms with Gasteiger partial charge in [-0.3, -0.25) is 9.59 Å². The molecule has 6 nitrogen and oxygen atoms in total. The van der Waals surface area contributed by atoms with Crippen molar-refractivity contribution in [3.63, 3.8) is 0 Å². The van der Waals surface area contributed by atoms with Crippen molar-refractivity contribution in [1.82, 2.24) is 0 Å². The first-order valence-corrected chi connectivity index (χ1v) is 11.8. The van der Waals surface area contributed by atoms with E-state index in [1.54, 1.807) is 36.4 Å². The summed E-state index contributed by atoms with van der Waals surface area (Å²) in [6.07, 6.45) is 2.91. The topological polar surface area (TPSA) is 72.9 Å². The minimum absolute atomic E-state index is 0.132. The van der Waals surface area contributed by atoms with Crippen molar-refractivity contribution in [2.45, 2.75) is 53.1 Å². The Kier molecular flexibility index (Phi) is 6.54. The normalized spacial score (nSPS) is 22.5. The molecular weight excluding hydrogens is 418 g/mol. The fraction of sp³-hybridized carbons (Fsp3) is 0.444. The van der Waals surface area contributed by atoms with Crippen molar-refractivity contribution < 1.29 is 23.9 Å². The molecule has 1 heterocycles. The predicted octanol–water partition coefficient (Wildman–Crippen LogP) is 5.50. The maximum absolute atomic E-state index is 13.1. The number of hydrogen-bond acceptors (Lipinski definition) is 5. The third-order valence-corrected chi connectivity index (χ3v) is 6.75. The van der Waals surface area contributed by atoms with Crippen LogP contribution >= 0.6 is 0 Å². The summed E-state index contributed by atoms with van der Waals surface area (Å²) in [4.78, 5) is 40.1. The zero-order valence-corrected chi connectivity index (χ0v) is 19.7. The molecule has 2 aromatic rings. The molecule has 0 unspecified atom stereocenters. The van der Waals surface area contributed by atoms with Crippen LogP contribution in [-0.4, -0.2) is 30.5 Å². The van der Waals surface area contributed by atoms with Crippen LogP contribution in [0.25, 0.3) is 0 Å². The summed E-state index contributed by atoms with van der Waals surface area (Å²) in [6.45, 7) is 8.93. The van der Waals surface area contributed by atoms with E-state index < -0.39 is 17.8 Å². The average molecular weight is 450 g/mol. The third kappa shape index (κ3) is 4.52. The molecule has 0 N–H and O–H groups in total. The van der Waals surface area contributed by atoms with Crippen molar-refractivity contribution in [3.8, 4) is 5.75 Å². The zero-order chi connectivity index (χ0) is 23.7. The summed E-state index contributed by atoms with van der Waals surface area (Å²) in [6, 6.07) is 11.4. The summed E-state index contributed by atoms with van der Waals surface area (Å²) < 4.78 is 11.4. The highest BCUT2D eigenvalue weighted by molar-refractivity contribution is 6.34. The lowest BCUT2D eigenvalue weighted by Gasteiger charge is -2.36. The third-order valence-electron chi connectivity index (χ3n) is 6.75. The van der Waals surface area contributed by atoms with E-state index >= 15 is 0 Å². The van der Waals surface area contributed by atoms with Crippen molar-refractivity contribution in [1.29, 1.82) is 0 Å². The lowest BCUT2D eigenvalue weighted by molar-refractivity contribution is -0.0174. The van der Waals surface area contributed by atoms with E-state index in [0.29, 0.717) is 41.4 Å². The van der Waals surface area contributed by atoms with Crippen LogP contribution in [0.4, 0.5) is 5.69 Å². The Morgan fingerprint density at radius 3 is 2.39 bits per heavy atom. The fourth-order valence-corrected chi connectivity index (χ4v) is 4.92. The minimum Gasteiger partial charge on any atom is -0.494 e. The molecule has 0 spiro atoms. The first-order valence-electron chi connectivity index (χ1n) is 11.8. The number of carbonyl (C=O) groups is 3. The first kappa shape index (κ1) is 23.0. The Labute approximate surface area is 194 Å². The summed E-state index contributed by atoms with van der Waals surface area (Å²) >= 11 is 0. The average Bonchev–Trinajstić information content (AvgIpc) is 3.04. The number of rotatable bonds is 6. The van der Waals surface area contributed by atoms with E-state index in [1.165, 1.54) is 6.07 Å². The number of esters is 1. The van der Waals surface area contributed by atoms with Crippen molar-refractivity contribution in [3.05, 3.63) is 59.2 Å². The standard InChI is InChI=1S/C27H31NO5/c1-5-32-20-10-8-19(9-11-20)28-25(29)22-13-7-18(15-23(22)26(28)30)27(31)33-24-14-17(4)6-12-21(24)16(2)3/h7-11,13,15-17,21,24H,5-6,12,14H2,1-4H3/t17-,21-,24-/m1/s1. The number of benzene rings is 2. The highest BCUT2D eigenvalue weighted by Gasteiger charge is 2.38. The van der Waals surface area contributed by atoms with Crippen molar-refractivity contribution in [2.24, 2.45) is 17.8 Å². The van der Waals surface area contributed by atoms with E-state index in [9.17, 15) is 14.4 Å². The van der Waals surface area contributed by atoms with Gasteiger partial charge in [-0.2, -0.15) is 0 Å². The number of carbonyl (C=O) groups excluding carboxylic acids is 3. The second-order valence-corrected chi connectivity index (χ2v) is 9.40. The van der Waals surface area contributed by atoms with E-state index in [4.69, 9.17) is 9.47 Å². The SMILES string of the molecule is CCOc1ccc(N2C(=O)c3ccc(C(=O)O[C@@H]4C[C@H](C)CC[C@@H]4C(C)C)cc3C2=O)cc1. The van der Waals surface area contributed by atoms with Gasteiger partial charge < -0.3 is 9.47 Å². The quantitative estimate of drug-likeness (QED) is 0.430. The fourth-order valence-electron chi connectivity index (χ4n) is 4.92. The molecule has 1 fully saturated rings. The summed E-state index contributed by atoms with van der Waals surface area (Å²) in [5, 5.41) is 0. The van der Waals surface area contributed by atoms with Gasteiger partial charge in [-0.25, -0.2) is 9.69 Å². The van der Waals surface area contributed by atoms with Crippen LogP contribution in [-0.2, 0) is 4.74 Å². The molecule has 0 aromatic heterocycles. The van der Waals surface area contributed by atoms with Crippen LogP contribution in [0, 0.1) is 17.8 Å². The number of anilines is 1. The van der Waals surface area contributed by atoms with Gasteiger partial charge in [-0.15, -0.1) is 0 Å². The number of amides is 2. The van der Waals surface area contributed by atoms with Gasteiger partial charge in [0.05, 0.1) is 29.0 Å². The summed E-state index contributed by atoms with van der Waals surface area (Å²) in [5.74, 6) is 0.650. The van der Waals surface area contributed by atoms with E-state index in [-0.39, 0.29) is 17.2 Å². The molecule has 1 aliphatic heterocycles. The second-order valence-electron chi connectivity index (χ2n) is 9.40. The van der Waals surface area contributed by atoms with Crippen molar-refractivity contribution in [2.75, 3.05) is 11.5 Å². The lowest BCUT2D eigenvalue weighted by Crippen LogP contribution is -2.35. The number of hydrogen-bond donors (Lipinski definition) is 0. The summed E-state index contributed by atoms with van der Waals surface area (Å²) in [5.41, 5.74) is 1.27. The van der Waals surface area contributed by atoms with Crippen LogP contribution in [0.2, 0.25) is 0 Å². The zero-order valence-electron chi connectivity index (χ0n) is 19.7. The molecule has 1 aliphatic carbocycles. The van der Waals surface area contributed by atoms with Gasteiger partial charge in [0, 0.05) is 0 Å². The largest absolute Gasteiger partial charge is 0.494 e. The Bertz CT molecular complexity index is 1060. The monoisotopic (exact) mass is 449 g/mol. The lowest BCUT2D eigenvalue weighted by atomic mass is 9.75. The van der Waals surface area contributed by atoms with E-state index in [2.05, 4.69) is 20.8 Å². The first-order chi connectivity index (χ1) is 15.8. The van der Waals surface area contributed by atoms with Gasteiger partial charge in [0.2, 0.25) is 0 Å². The Morgan fingerprint density at radius 2 is 1.73 bits per heavy atom. The maximum atomic E-state index is 13.1. The minimum atomic E-state index is -0.444. The van der Waals surface area contributed by atoms with Crippen LogP contribution in [0.1, 0.15) is 78.0 Å². The second kappa shape index (κ2) is 9.38. The van der Waals surface area contributed by atoms with E-state index in [0.717, 1.165) is 24.2 Å². The maximum Gasteiger partial charge on any atom is 0.338 e. The molecule has 4 rings (SSSR count). The molecule has 0 radical (unpaired) electrons. The van der Waals surface area contributed by atoms with Crippen LogP contribution in [0.15, 0.2) is 42.5 Å². The van der Waals surface area contributed by atoms with Gasteiger partial charge in [-0.1, -0.05) is 27.2 Å². The van der Waals surface area contributed by atoms with Crippen LogP contribution in [0.5, 0.6) is 5.75 Å².